The molecule has 100 valence electrons. The van der Waals surface area contributed by atoms with Gasteiger partial charge in [-0.2, -0.15) is 0 Å². The van der Waals surface area contributed by atoms with Gasteiger partial charge in [-0.15, -0.1) is 0 Å². The van der Waals surface area contributed by atoms with Gasteiger partial charge in [0.1, 0.15) is 5.75 Å². The van der Waals surface area contributed by atoms with Crippen LogP contribution in [-0.4, -0.2) is 7.11 Å². The van der Waals surface area contributed by atoms with E-state index in [1.807, 2.05) is 31.2 Å². The number of hydrogen-bond acceptors (Lipinski definition) is 2. The predicted octanol–water partition coefficient (Wildman–Crippen LogP) is 3.88. The molecule has 0 amide bonds. The van der Waals surface area contributed by atoms with Crippen molar-refractivity contribution >= 4 is 11.6 Å². The van der Waals surface area contributed by atoms with Crippen LogP contribution < -0.4 is 10.5 Å². The van der Waals surface area contributed by atoms with Gasteiger partial charge in [0.2, 0.25) is 0 Å². The molecule has 0 bridgehead atoms. The number of ether oxygens (including phenoxy) is 1. The summed E-state index contributed by atoms with van der Waals surface area (Å²) in [6.45, 7) is 4.02. The summed E-state index contributed by atoms with van der Waals surface area (Å²) < 4.78 is 5.39. The fourth-order valence-electron chi connectivity index (χ4n) is 2.14. The fourth-order valence-corrected chi connectivity index (χ4v) is 2.31. The Morgan fingerprint density at radius 1 is 1.11 bits per heavy atom. The summed E-state index contributed by atoms with van der Waals surface area (Å²) in [6.07, 6.45) is 0. The number of rotatable bonds is 3. The third-order valence-corrected chi connectivity index (χ3v) is 3.61. The van der Waals surface area contributed by atoms with Gasteiger partial charge in [-0.05, 0) is 37.6 Å². The van der Waals surface area contributed by atoms with Crippen molar-refractivity contribution < 1.29 is 4.74 Å². The van der Waals surface area contributed by atoms with Crippen LogP contribution >= 0.6 is 11.6 Å². The molecule has 1 atom stereocenters. The second-order valence-corrected chi connectivity index (χ2v) is 5.35. The van der Waals surface area contributed by atoms with Gasteiger partial charge in [0.25, 0.3) is 0 Å². The number of hydrogen-bond donors (Lipinski definition) is 1. The Bertz CT molecular complexity index is 576. The first-order valence-corrected chi connectivity index (χ1v) is 6.53. The van der Waals surface area contributed by atoms with E-state index >= 15 is 0 Å². The highest BCUT2D eigenvalue weighted by Crippen LogP contribution is 2.35. The molecule has 0 saturated carbocycles. The molecule has 2 N–H and O–H groups in total. The molecule has 0 aliphatic heterocycles. The summed E-state index contributed by atoms with van der Waals surface area (Å²) in [6, 6.07) is 13.7. The average molecular weight is 276 g/mol. The van der Waals surface area contributed by atoms with Gasteiger partial charge < -0.3 is 10.5 Å². The summed E-state index contributed by atoms with van der Waals surface area (Å²) in [7, 11) is 1.64. The molecule has 0 aliphatic carbocycles. The lowest BCUT2D eigenvalue weighted by molar-refractivity contribution is 0.399. The second kappa shape index (κ2) is 5.24. The third kappa shape index (κ3) is 2.75. The van der Waals surface area contributed by atoms with Crippen molar-refractivity contribution in [1.29, 1.82) is 0 Å². The van der Waals surface area contributed by atoms with Crippen molar-refractivity contribution in [3.8, 4) is 5.75 Å². The first-order valence-electron chi connectivity index (χ1n) is 6.15. The van der Waals surface area contributed by atoms with Crippen molar-refractivity contribution in [3.05, 3.63) is 64.2 Å². The van der Waals surface area contributed by atoms with Crippen LogP contribution in [0, 0.1) is 6.92 Å². The maximum Gasteiger partial charge on any atom is 0.124 e. The van der Waals surface area contributed by atoms with Crippen molar-refractivity contribution in [2.75, 3.05) is 7.11 Å². The molecule has 0 aromatic heterocycles. The lowest BCUT2D eigenvalue weighted by atomic mass is 9.85. The Balaban J connectivity index is 2.55. The first kappa shape index (κ1) is 13.9. The lowest BCUT2D eigenvalue weighted by Gasteiger charge is -2.28. The van der Waals surface area contributed by atoms with Gasteiger partial charge in [-0.1, -0.05) is 41.4 Å². The molecular weight excluding hydrogens is 258 g/mol. The van der Waals surface area contributed by atoms with Crippen LogP contribution in [0.4, 0.5) is 0 Å². The Hall–Kier alpha value is -1.51. The number of nitrogens with two attached hydrogens (primary N) is 1. The molecule has 2 rings (SSSR count). The van der Waals surface area contributed by atoms with Crippen molar-refractivity contribution in [2.45, 2.75) is 19.4 Å². The smallest absolute Gasteiger partial charge is 0.124 e. The first-order chi connectivity index (χ1) is 8.95. The van der Waals surface area contributed by atoms with E-state index in [1.165, 1.54) is 5.56 Å². The van der Waals surface area contributed by atoms with Crippen LogP contribution in [0.3, 0.4) is 0 Å². The van der Waals surface area contributed by atoms with Gasteiger partial charge >= 0.3 is 0 Å². The minimum absolute atomic E-state index is 0.649. The van der Waals surface area contributed by atoms with Crippen molar-refractivity contribution in [3.63, 3.8) is 0 Å². The summed E-state index contributed by atoms with van der Waals surface area (Å²) >= 11 is 6.08. The van der Waals surface area contributed by atoms with Crippen LogP contribution in [0.1, 0.15) is 23.6 Å². The second-order valence-electron chi connectivity index (χ2n) is 4.91. The van der Waals surface area contributed by atoms with E-state index < -0.39 is 5.54 Å². The zero-order valence-electron chi connectivity index (χ0n) is 11.4. The number of benzene rings is 2. The average Bonchev–Trinajstić information content (AvgIpc) is 2.39. The minimum atomic E-state index is -0.649. The van der Waals surface area contributed by atoms with Crippen LogP contribution in [0.25, 0.3) is 0 Å². The molecule has 0 fully saturated rings. The zero-order valence-corrected chi connectivity index (χ0v) is 12.2. The van der Waals surface area contributed by atoms with Gasteiger partial charge in [-0.25, -0.2) is 0 Å². The predicted molar refractivity (Wildman–Crippen MR) is 79.8 cm³/mol. The quantitative estimate of drug-likeness (QED) is 0.923. The van der Waals surface area contributed by atoms with Gasteiger partial charge in [0.15, 0.2) is 0 Å². The molecule has 2 aromatic carbocycles. The summed E-state index contributed by atoms with van der Waals surface area (Å²) in [5.41, 5.74) is 8.98. The van der Waals surface area contributed by atoms with Gasteiger partial charge in [0.05, 0.1) is 12.6 Å². The summed E-state index contributed by atoms with van der Waals surface area (Å²) in [5, 5.41) is 0.652. The Labute approximate surface area is 119 Å². The fraction of sp³-hybridized carbons (Fsp3) is 0.250. The van der Waals surface area contributed by atoms with Gasteiger partial charge in [0, 0.05) is 10.6 Å². The number of methoxy groups -OCH3 is 1. The molecule has 0 heterocycles. The van der Waals surface area contributed by atoms with Crippen molar-refractivity contribution in [2.24, 2.45) is 5.73 Å². The van der Waals surface area contributed by atoms with Crippen LogP contribution in [0.15, 0.2) is 42.5 Å². The Kier molecular flexibility index (Phi) is 3.83. The van der Waals surface area contributed by atoms with Crippen LogP contribution in [0.2, 0.25) is 5.02 Å². The SMILES string of the molecule is COc1ccc(Cl)cc1C(C)(N)c1ccc(C)cc1. The summed E-state index contributed by atoms with van der Waals surface area (Å²) in [4.78, 5) is 0. The van der Waals surface area contributed by atoms with Gasteiger partial charge in [-0.3, -0.25) is 0 Å². The zero-order chi connectivity index (χ0) is 14.0. The highest BCUT2D eigenvalue weighted by Gasteiger charge is 2.27. The molecular formula is C16H18ClNO. The molecule has 2 nitrogen and oxygen atoms in total. The molecule has 0 aliphatic rings. The lowest BCUT2D eigenvalue weighted by Crippen LogP contribution is -2.34. The maximum absolute atomic E-state index is 6.52. The summed E-state index contributed by atoms with van der Waals surface area (Å²) in [5.74, 6) is 0.745. The normalized spacial score (nSPS) is 13.9. The van der Waals surface area contributed by atoms with E-state index in [1.54, 1.807) is 13.2 Å². The highest BCUT2D eigenvalue weighted by atomic mass is 35.5. The number of halogens is 1. The number of aryl methyl sites for hydroxylation is 1. The Morgan fingerprint density at radius 3 is 2.32 bits per heavy atom. The van der Waals surface area contributed by atoms with E-state index in [0.29, 0.717) is 5.02 Å². The monoisotopic (exact) mass is 275 g/mol. The molecule has 1 unspecified atom stereocenters. The van der Waals surface area contributed by atoms with E-state index in [9.17, 15) is 0 Å². The largest absolute Gasteiger partial charge is 0.496 e. The van der Waals surface area contributed by atoms with E-state index in [2.05, 4.69) is 19.1 Å². The topological polar surface area (TPSA) is 35.2 Å². The van der Waals surface area contributed by atoms with E-state index in [0.717, 1.165) is 16.9 Å². The van der Waals surface area contributed by atoms with E-state index in [-0.39, 0.29) is 0 Å². The molecule has 0 radical (unpaired) electrons. The van der Waals surface area contributed by atoms with Crippen molar-refractivity contribution in [1.82, 2.24) is 0 Å². The molecule has 3 heteroatoms. The maximum atomic E-state index is 6.52. The van der Waals surface area contributed by atoms with Crippen LogP contribution in [0.5, 0.6) is 5.75 Å². The highest BCUT2D eigenvalue weighted by molar-refractivity contribution is 6.30. The van der Waals surface area contributed by atoms with E-state index in [4.69, 9.17) is 22.1 Å². The van der Waals surface area contributed by atoms with Crippen LogP contribution in [-0.2, 0) is 5.54 Å². The standard InChI is InChI=1S/C16H18ClNO/c1-11-4-6-12(7-5-11)16(2,18)14-10-13(17)8-9-15(14)19-3/h4-10H,18H2,1-3H3. The molecule has 0 spiro atoms. The molecule has 0 saturated heterocycles. The minimum Gasteiger partial charge on any atom is -0.496 e. The molecule has 19 heavy (non-hydrogen) atoms. The molecule has 2 aromatic rings. The Morgan fingerprint density at radius 2 is 1.74 bits per heavy atom. The third-order valence-electron chi connectivity index (χ3n) is 3.37.